The number of hydrogen-bond acceptors (Lipinski definition) is 3. The topological polar surface area (TPSA) is 53.4 Å². The zero-order valence-electron chi connectivity index (χ0n) is 9.67. The van der Waals surface area contributed by atoms with Gasteiger partial charge in [0.05, 0.1) is 17.4 Å². The van der Waals surface area contributed by atoms with E-state index in [4.69, 9.17) is 5.11 Å². The smallest absolute Gasteiger partial charge is 0.337 e. The summed E-state index contributed by atoms with van der Waals surface area (Å²) in [5, 5.41) is 9.09. The maximum atomic E-state index is 13.1. The molecule has 0 amide bonds. The Labute approximate surface area is 103 Å². The van der Waals surface area contributed by atoms with Crippen LogP contribution in [-0.4, -0.2) is 23.1 Å². The summed E-state index contributed by atoms with van der Waals surface area (Å²) < 4.78 is 13.1. The van der Waals surface area contributed by atoms with Crippen LogP contribution in [0.25, 0.3) is 0 Å². The van der Waals surface area contributed by atoms with Crippen molar-refractivity contribution in [1.29, 1.82) is 0 Å². The summed E-state index contributed by atoms with van der Waals surface area (Å²) in [4.78, 5) is 16.6. The summed E-state index contributed by atoms with van der Waals surface area (Å²) in [6.45, 7) is 0. The molecule has 0 aliphatic heterocycles. The molecular formula is C13H11FN2O2. The lowest BCUT2D eigenvalue weighted by atomic mass is 10.2. The lowest BCUT2D eigenvalue weighted by molar-refractivity contribution is 0.0697. The number of pyridine rings is 1. The summed E-state index contributed by atoms with van der Waals surface area (Å²) >= 11 is 0. The molecule has 18 heavy (non-hydrogen) atoms. The second-order valence-corrected chi connectivity index (χ2v) is 3.74. The van der Waals surface area contributed by atoms with Gasteiger partial charge in [-0.2, -0.15) is 0 Å². The van der Waals surface area contributed by atoms with E-state index in [2.05, 4.69) is 4.98 Å². The molecule has 0 aliphatic carbocycles. The van der Waals surface area contributed by atoms with Gasteiger partial charge < -0.3 is 10.0 Å². The summed E-state index contributed by atoms with van der Waals surface area (Å²) in [5.41, 5.74) is 1.10. The molecule has 2 rings (SSSR count). The van der Waals surface area contributed by atoms with Crippen LogP contribution in [0.1, 0.15) is 10.4 Å². The van der Waals surface area contributed by atoms with Gasteiger partial charge in [0.1, 0.15) is 5.82 Å². The van der Waals surface area contributed by atoms with Crippen molar-refractivity contribution in [3.63, 3.8) is 0 Å². The highest BCUT2D eigenvalue weighted by molar-refractivity contribution is 5.95. The molecule has 0 fully saturated rings. The molecule has 0 atom stereocenters. The Kier molecular flexibility index (Phi) is 3.23. The predicted molar refractivity (Wildman–Crippen MR) is 65.7 cm³/mol. The zero-order chi connectivity index (χ0) is 13.1. The van der Waals surface area contributed by atoms with Crippen LogP contribution in [0.5, 0.6) is 0 Å². The molecule has 1 aromatic carbocycles. The molecule has 1 heterocycles. The van der Waals surface area contributed by atoms with Crippen molar-refractivity contribution in [3.8, 4) is 0 Å². The first-order valence-electron chi connectivity index (χ1n) is 5.26. The Bertz CT molecular complexity index is 587. The van der Waals surface area contributed by atoms with Gasteiger partial charge in [0, 0.05) is 18.9 Å². The molecule has 0 radical (unpaired) electrons. The van der Waals surface area contributed by atoms with Crippen LogP contribution in [0.4, 0.5) is 15.8 Å². The van der Waals surface area contributed by atoms with Crippen molar-refractivity contribution in [2.75, 3.05) is 11.9 Å². The zero-order valence-corrected chi connectivity index (χ0v) is 9.67. The highest BCUT2D eigenvalue weighted by Gasteiger charge is 2.14. The lowest BCUT2D eigenvalue weighted by Crippen LogP contribution is -2.14. The van der Waals surface area contributed by atoms with Crippen LogP contribution in [0, 0.1) is 5.82 Å². The maximum absolute atomic E-state index is 13.1. The summed E-state index contributed by atoms with van der Waals surface area (Å²) in [6, 6.07) is 7.34. The minimum absolute atomic E-state index is 0.122. The number of hydrogen-bond donors (Lipinski definition) is 1. The van der Waals surface area contributed by atoms with Gasteiger partial charge in [-0.3, -0.25) is 4.98 Å². The van der Waals surface area contributed by atoms with Crippen LogP contribution in [0.3, 0.4) is 0 Å². The van der Waals surface area contributed by atoms with Crippen molar-refractivity contribution >= 4 is 17.3 Å². The third-order valence-electron chi connectivity index (χ3n) is 2.59. The van der Waals surface area contributed by atoms with E-state index in [-0.39, 0.29) is 11.4 Å². The Morgan fingerprint density at radius 2 is 2.17 bits per heavy atom. The van der Waals surface area contributed by atoms with Gasteiger partial charge in [0.2, 0.25) is 0 Å². The summed E-state index contributed by atoms with van der Waals surface area (Å²) in [7, 11) is 1.66. The van der Waals surface area contributed by atoms with Crippen LogP contribution >= 0.6 is 0 Å². The molecule has 0 aliphatic rings. The Morgan fingerprint density at radius 3 is 2.83 bits per heavy atom. The van der Waals surface area contributed by atoms with Crippen LogP contribution in [0.15, 0.2) is 42.7 Å². The lowest BCUT2D eigenvalue weighted by Gasteiger charge is -2.20. The number of rotatable bonds is 3. The van der Waals surface area contributed by atoms with E-state index in [0.29, 0.717) is 11.4 Å². The monoisotopic (exact) mass is 246 g/mol. The predicted octanol–water partition coefficient (Wildman–Crippen LogP) is 2.69. The third-order valence-corrected chi connectivity index (χ3v) is 2.59. The number of nitrogens with zero attached hydrogens (tertiary/aromatic N) is 2. The Balaban J connectivity index is 2.46. The highest BCUT2D eigenvalue weighted by Crippen LogP contribution is 2.26. The fourth-order valence-corrected chi connectivity index (χ4v) is 1.66. The number of aromatic carboxylic acids is 1. The van der Waals surface area contributed by atoms with E-state index in [9.17, 15) is 9.18 Å². The van der Waals surface area contributed by atoms with Crippen molar-refractivity contribution in [1.82, 2.24) is 4.98 Å². The number of carboxylic acids is 1. The van der Waals surface area contributed by atoms with E-state index in [1.807, 2.05) is 0 Å². The average Bonchev–Trinajstić information content (AvgIpc) is 2.38. The van der Waals surface area contributed by atoms with Crippen LogP contribution in [0.2, 0.25) is 0 Å². The first-order chi connectivity index (χ1) is 8.59. The van der Waals surface area contributed by atoms with Gasteiger partial charge in [-0.25, -0.2) is 9.18 Å². The van der Waals surface area contributed by atoms with Crippen molar-refractivity contribution in [2.24, 2.45) is 0 Å². The van der Waals surface area contributed by atoms with E-state index in [0.717, 1.165) is 0 Å². The van der Waals surface area contributed by atoms with E-state index >= 15 is 0 Å². The molecule has 5 heteroatoms. The number of anilines is 2. The highest BCUT2D eigenvalue weighted by atomic mass is 19.1. The number of benzene rings is 1. The van der Waals surface area contributed by atoms with Gasteiger partial charge in [0.25, 0.3) is 0 Å². The third kappa shape index (κ3) is 2.29. The van der Waals surface area contributed by atoms with Crippen molar-refractivity contribution in [3.05, 3.63) is 54.1 Å². The van der Waals surface area contributed by atoms with Gasteiger partial charge in [-0.1, -0.05) is 6.07 Å². The number of halogens is 1. The fraction of sp³-hybridized carbons (Fsp3) is 0.0769. The SMILES string of the molecule is CN(c1cccc(F)c1)c1cnccc1C(=O)O. The first kappa shape index (κ1) is 12.0. The fourth-order valence-electron chi connectivity index (χ4n) is 1.66. The average molecular weight is 246 g/mol. The summed E-state index contributed by atoms with van der Waals surface area (Å²) in [5.74, 6) is -1.42. The van der Waals surface area contributed by atoms with E-state index in [1.54, 1.807) is 24.1 Å². The van der Waals surface area contributed by atoms with E-state index in [1.165, 1.54) is 30.6 Å². The number of carbonyl (C=O) groups is 1. The van der Waals surface area contributed by atoms with Gasteiger partial charge >= 0.3 is 5.97 Å². The largest absolute Gasteiger partial charge is 0.478 e. The Hall–Kier alpha value is -2.43. The molecule has 2 aromatic rings. The molecule has 1 aromatic heterocycles. The molecule has 92 valence electrons. The van der Waals surface area contributed by atoms with Crippen LogP contribution in [-0.2, 0) is 0 Å². The minimum atomic E-state index is -1.05. The molecule has 4 nitrogen and oxygen atoms in total. The quantitative estimate of drug-likeness (QED) is 0.904. The molecule has 0 saturated carbocycles. The molecule has 1 N–H and O–H groups in total. The second-order valence-electron chi connectivity index (χ2n) is 3.74. The van der Waals surface area contributed by atoms with Gasteiger partial charge in [-0.15, -0.1) is 0 Å². The Morgan fingerprint density at radius 1 is 1.39 bits per heavy atom. The minimum Gasteiger partial charge on any atom is -0.478 e. The van der Waals surface area contributed by atoms with Crippen molar-refractivity contribution in [2.45, 2.75) is 0 Å². The molecule has 0 spiro atoms. The second kappa shape index (κ2) is 4.83. The van der Waals surface area contributed by atoms with Gasteiger partial charge in [-0.05, 0) is 24.3 Å². The number of aromatic nitrogens is 1. The normalized spacial score (nSPS) is 10.1. The van der Waals surface area contributed by atoms with Crippen LogP contribution < -0.4 is 4.90 Å². The maximum Gasteiger partial charge on any atom is 0.337 e. The molecular weight excluding hydrogens is 235 g/mol. The summed E-state index contributed by atoms with van der Waals surface area (Å²) in [6.07, 6.45) is 2.85. The standard InChI is InChI=1S/C13H11FN2O2/c1-16(10-4-2-3-9(14)7-10)12-8-15-6-5-11(12)13(17)18/h2-8H,1H3,(H,17,18). The molecule has 0 bridgehead atoms. The molecule has 0 saturated heterocycles. The van der Waals surface area contributed by atoms with Gasteiger partial charge in [0.15, 0.2) is 0 Å². The first-order valence-corrected chi connectivity index (χ1v) is 5.26. The van der Waals surface area contributed by atoms with E-state index < -0.39 is 5.97 Å². The number of carboxylic acid groups (broad SMARTS) is 1. The molecule has 0 unspecified atom stereocenters. The van der Waals surface area contributed by atoms with Crippen molar-refractivity contribution < 1.29 is 14.3 Å².